The summed E-state index contributed by atoms with van der Waals surface area (Å²) in [5.41, 5.74) is 0. The lowest BCUT2D eigenvalue weighted by Gasteiger charge is -2.31. The van der Waals surface area contributed by atoms with Crippen molar-refractivity contribution < 1.29 is 19.5 Å². The molecule has 1 aliphatic carbocycles. The Hall–Kier alpha value is -1.79. The van der Waals surface area contributed by atoms with Gasteiger partial charge in [0, 0.05) is 33.1 Å². The van der Waals surface area contributed by atoms with E-state index in [1.165, 1.54) is 9.80 Å². The van der Waals surface area contributed by atoms with Crippen LogP contribution in [-0.2, 0) is 9.59 Å². The van der Waals surface area contributed by atoms with Gasteiger partial charge in [0.15, 0.2) is 0 Å². The molecule has 0 spiro atoms. The number of aliphatic carboxylic acids is 1. The first-order valence-corrected chi connectivity index (χ1v) is 6.89. The van der Waals surface area contributed by atoms with Crippen molar-refractivity contribution in [1.82, 2.24) is 15.1 Å². The average molecular weight is 285 g/mol. The summed E-state index contributed by atoms with van der Waals surface area (Å²) in [6.07, 6.45) is 3.96. The second-order valence-corrected chi connectivity index (χ2v) is 5.09. The van der Waals surface area contributed by atoms with Gasteiger partial charge in [-0.3, -0.25) is 9.59 Å². The highest BCUT2D eigenvalue weighted by atomic mass is 16.4. The molecule has 0 bridgehead atoms. The zero-order chi connectivity index (χ0) is 15.1. The summed E-state index contributed by atoms with van der Waals surface area (Å²) < 4.78 is 0. The Balaban J connectivity index is 2.61. The van der Waals surface area contributed by atoms with Gasteiger partial charge in [0.05, 0.1) is 0 Å². The zero-order valence-corrected chi connectivity index (χ0v) is 12.1. The molecular weight excluding hydrogens is 262 g/mol. The third-order valence-electron chi connectivity index (χ3n) is 3.60. The van der Waals surface area contributed by atoms with Gasteiger partial charge in [0.2, 0.25) is 5.91 Å². The van der Waals surface area contributed by atoms with Crippen molar-refractivity contribution >= 4 is 17.9 Å². The van der Waals surface area contributed by atoms with E-state index in [0.29, 0.717) is 0 Å². The minimum absolute atomic E-state index is 0.000974. The second kappa shape index (κ2) is 7.72. The maximum Gasteiger partial charge on any atom is 0.323 e. The van der Waals surface area contributed by atoms with Crippen LogP contribution in [0.4, 0.5) is 4.79 Å². The van der Waals surface area contributed by atoms with E-state index in [4.69, 9.17) is 5.11 Å². The molecule has 7 nitrogen and oxygen atoms in total. The molecule has 7 heteroatoms. The summed E-state index contributed by atoms with van der Waals surface area (Å²) in [6, 6.07) is -0.316. The predicted molar refractivity (Wildman–Crippen MR) is 73.3 cm³/mol. The Bertz CT molecular complexity index is 367. The number of carbonyl (C=O) groups excluding carboxylic acids is 2. The molecule has 20 heavy (non-hydrogen) atoms. The molecule has 0 aromatic heterocycles. The van der Waals surface area contributed by atoms with Crippen molar-refractivity contribution in [3.05, 3.63) is 0 Å². The molecule has 0 saturated heterocycles. The molecule has 1 fully saturated rings. The molecule has 0 unspecified atom stereocenters. The standard InChI is InChI=1S/C13H23N3O4/c1-14-11(17)7-8-15(2)13(20)16(9-12(18)19)10-5-3-4-6-10/h10H,3-9H2,1-2H3,(H,14,17)(H,18,19). The monoisotopic (exact) mass is 285 g/mol. The number of carbonyl (C=O) groups is 3. The third kappa shape index (κ3) is 4.71. The molecule has 1 saturated carbocycles. The minimum Gasteiger partial charge on any atom is -0.480 e. The number of urea groups is 1. The van der Waals surface area contributed by atoms with Crippen LogP contribution >= 0.6 is 0 Å². The summed E-state index contributed by atoms with van der Waals surface area (Å²) >= 11 is 0. The van der Waals surface area contributed by atoms with Crippen LogP contribution in [0.1, 0.15) is 32.1 Å². The first-order chi connectivity index (χ1) is 9.45. The largest absolute Gasteiger partial charge is 0.480 e. The number of hydrogen-bond acceptors (Lipinski definition) is 3. The lowest BCUT2D eigenvalue weighted by molar-refractivity contribution is -0.138. The molecule has 0 radical (unpaired) electrons. The van der Waals surface area contributed by atoms with Crippen molar-refractivity contribution in [1.29, 1.82) is 0 Å². The predicted octanol–water partition coefficient (Wildman–Crippen LogP) is 0.504. The van der Waals surface area contributed by atoms with Crippen LogP contribution in [-0.4, -0.2) is 66.0 Å². The Morgan fingerprint density at radius 2 is 1.85 bits per heavy atom. The van der Waals surface area contributed by atoms with E-state index in [2.05, 4.69) is 5.32 Å². The Labute approximate surface area is 118 Å². The topological polar surface area (TPSA) is 90.0 Å². The number of nitrogens with one attached hydrogen (secondary N) is 1. The summed E-state index contributed by atoms with van der Waals surface area (Å²) in [7, 11) is 3.13. The zero-order valence-electron chi connectivity index (χ0n) is 12.1. The first kappa shape index (κ1) is 16.3. The first-order valence-electron chi connectivity index (χ1n) is 6.89. The van der Waals surface area contributed by atoms with E-state index >= 15 is 0 Å². The van der Waals surface area contributed by atoms with E-state index in [-0.39, 0.29) is 37.5 Å². The molecule has 1 rings (SSSR count). The lowest BCUT2D eigenvalue weighted by atomic mass is 10.2. The van der Waals surface area contributed by atoms with Crippen LogP contribution in [0.3, 0.4) is 0 Å². The Morgan fingerprint density at radius 1 is 1.25 bits per heavy atom. The number of carboxylic acid groups (broad SMARTS) is 1. The van der Waals surface area contributed by atoms with Crippen LogP contribution in [0.15, 0.2) is 0 Å². The number of nitrogens with zero attached hydrogens (tertiary/aromatic N) is 2. The fraction of sp³-hybridized carbons (Fsp3) is 0.769. The normalized spacial score (nSPS) is 14.9. The molecule has 2 N–H and O–H groups in total. The molecule has 0 atom stereocenters. The minimum atomic E-state index is -1.01. The van der Waals surface area contributed by atoms with E-state index in [1.54, 1.807) is 14.1 Å². The van der Waals surface area contributed by atoms with E-state index in [1.807, 2.05) is 0 Å². The van der Waals surface area contributed by atoms with Gasteiger partial charge in [-0.1, -0.05) is 12.8 Å². The highest BCUT2D eigenvalue weighted by Crippen LogP contribution is 2.24. The van der Waals surface area contributed by atoms with Crippen LogP contribution in [0.2, 0.25) is 0 Å². The molecule has 3 amide bonds. The lowest BCUT2D eigenvalue weighted by Crippen LogP contribution is -2.48. The second-order valence-electron chi connectivity index (χ2n) is 5.09. The SMILES string of the molecule is CNC(=O)CCN(C)C(=O)N(CC(=O)O)C1CCCC1. The average Bonchev–Trinajstić information content (AvgIpc) is 2.94. The van der Waals surface area contributed by atoms with Crippen molar-refractivity contribution in [2.45, 2.75) is 38.1 Å². The number of hydrogen-bond donors (Lipinski definition) is 2. The van der Waals surface area contributed by atoms with Crippen molar-refractivity contribution in [3.8, 4) is 0 Å². The van der Waals surface area contributed by atoms with Gasteiger partial charge in [-0.05, 0) is 12.8 Å². The smallest absolute Gasteiger partial charge is 0.323 e. The van der Waals surface area contributed by atoms with Gasteiger partial charge in [-0.15, -0.1) is 0 Å². The fourth-order valence-electron chi connectivity index (χ4n) is 2.42. The summed E-state index contributed by atoms with van der Waals surface area (Å²) in [4.78, 5) is 37.3. The van der Waals surface area contributed by atoms with Gasteiger partial charge in [-0.25, -0.2) is 4.79 Å². The quantitative estimate of drug-likeness (QED) is 0.743. The summed E-state index contributed by atoms with van der Waals surface area (Å²) in [6.45, 7) is -0.00480. The number of carboxylic acids is 1. The van der Waals surface area contributed by atoms with E-state index in [0.717, 1.165) is 25.7 Å². The molecule has 1 aliphatic rings. The number of rotatable bonds is 6. The molecular formula is C13H23N3O4. The Morgan fingerprint density at radius 3 is 2.35 bits per heavy atom. The third-order valence-corrected chi connectivity index (χ3v) is 3.60. The van der Waals surface area contributed by atoms with Crippen molar-refractivity contribution in [3.63, 3.8) is 0 Å². The van der Waals surface area contributed by atoms with Gasteiger partial charge < -0.3 is 20.2 Å². The molecule has 114 valence electrons. The summed E-state index contributed by atoms with van der Waals surface area (Å²) in [5.74, 6) is -1.15. The molecule has 0 aromatic carbocycles. The van der Waals surface area contributed by atoms with E-state index in [9.17, 15) is 14.4 Å². The van der Waals surface area contributed by atoms with Crippen LogP contribution in [0.25, 0.3) is 0 Å². The maximum absolute atomic E-state index is 12.3. The molecule has 0 aliphatic heterocycles. The van der Waals surface area contributed by atoms with Crippen molar-refractivity contribution in [2.75, 3.05) is 27.2 Å². The van der Waals surface area contributed by atoms with Gasteiger partial charge in [-0.2, -0.15) is 0 Å². The van der Waals surface area contributed by atoms with Gasteiger partial charge in [0.25, 0.3) is 0 Å². The highest BCUT2D eigenvalue weighted by molar-refractivity contribution is 5.81. The van der Waals surface area contributed by atoms with Gasteiger partial charge in [0.1, 0.15) is 6.54 Å². The van der Waals surface area contributed by atoms with Crippen LogP contribution in [0, 0.1) is 0 Å². The molecule has 0 aromatic rings. The maximum atomic E-state index is 12.3. The Kier molecular flexibility index (Phi) is 6.27. The van der Waals surface area contributed by atoms with Crippen molar-refractivity contribution in [2.24, 2.45) is 0 Å². The fourth-order valence-corrected chi connectivity index (χ4v) is 2.42. The van der Waals surface area contributed by atoms with Crippen LogP contribution in [0.5, 0.6) is 0 Å². The molecule has 0 heterocycles. The van der Waals surface area contributed by atoms with E-state index < -0.39 is 5.97 Å². The van der Waals surface area contributed by atoms with Crippen LogP contribution < -0.4 is 5.32 Å². The summed E-state index contributed by atoms with van der Waals surface area (Å²) in [5, 5.41) is 11.4. The number of amides is 3. The highest BCUT2D eigenvalue weighted by Gasteiger charge is 2.30. The van der Waals surface area contributed by atoms with Gasteiger partial charge >= 0.3 is 12.0 Å².